The van der Waals surface area contributed by atoms with E-state index in [2.05, 4.69) is 16.4 Å². The fourth-order valence-corrected chi connectivity index (χ4v) is 5.00. The Bertz CT molecular complexity index is 1700. The Kier molecular flexibility index (Phi) is 9.42. The van der Waals surface area contributed by atoms with Gasteiger partial charge in [0.05, 0.1) is 29.5 Å². The lowest BCUT2D eigenvalue weighted by molar-refractivity contribution is -0.121. The van der Waals surface area contributed by atoms with Crippen LogP contribution in [0.3, 0.4) is 0 Å². The SMILES string of the molecule is CC(C)Oc1ccc(C(N)=O)c(C(CNC(=O)CN(C)C)Cc2ccc(-c3cn4cccc(C(N)=O)c4n3)cc2)c1C#N. The van der Waals surface area contributed by atoms with Crippen LogP contribution in [0.4, 0.5) is 0 Å². The highest BCUT2D eigenvalue weighted by Gasteiger charge is 2.26. The van der Waals surface area contributed by atoms with Gasteiger partial charge in [0.15, 0.2) is 0 Å². The number of carbonyl (C=O) groups excluding carboxylic acids is 3. The third-order valence-corrected chi connectivity index (χ3v) is 6.84. The molecule has 1 atom stereocenters. The summed E-state index contributed by atoms with van der Waals surface area (Å²) in [6.45, 7) is 4.04. The Morgan fingerprint density at radius 1 is 1.05 bits per heavy atom. The van der Waals surface area contributed by atoms with E-state index in [1.165, 1.54) is 0 Å². The van der Waals surface area contributed by atoms with Crippen molar-refractivity contribution in [1.29, 1.82) is 5.26 Å². The molecule has 1 unspecified atom stereocenters. The largest absolute Gasteiger partial charge is 0.490 e. The number of nitrogens with two attached hydrogens (primary N) is 2. The number of aromatic nitrogens is 2. The van der Waals surface area contributed by atoms with E-state index in [1.807, 2.05) is 44.3 Å². The monoisotopic (exact) mass is 581 g/mol. The molecule has 4 rings (SSSR count). The van der Waals surface area contributed by atoms with Crippen molar-refractivity contribution in [2.24, 2.45) is 11.5 Å². The number of primary amides is 2. The van der Waals surface area contributed by atoms with Gasteiger partial charge in [-0.05, 0) is 69.8 Å². The molecule has 0 aliphatic rings. The second-order valence-corrected chi connectivity index (χ2v) is 10.8. The van der Waals surface area contributed by atoms with E-state index in [4.69, 9.17) is 16.2 Å². The Morgan fingerprint density at radius 3 is 2.35 bits per heavy atom. The minimum absolute atomic E-state index is 0.164. The van der Waals surface area contributed by atoms with Gasteiger partial charge < -0.3 is 30.8 Å². The molecule has 0 spiro atoms. The Labute approximate surface area is 250 Å². The predicted octanol–water partition coefficient (Wildman–Crippen LogP) is 2.86. The first-order valence-corrected chi connectivity index (χ1v) is 13.8. The lowest BCUT2D eigenvalue weighted by Crippen LogP contribution is -2.36. The van der Waals surface area contributed by atoms with Crippen molar-refractivity contribution in [3.63, 3.8) is 0 Å². The molecule has 0 aliphatic heterocycles. The summed E-state index contributed by atoms with van der Waals surface area (Å²) in [6.07, 6.45) is 3.80. The quantitative estimate of drug-likeness (QED) is 0.231. The number of imidazole rings is 1. The molecule has 0 saturated heterocycles. The van der Waals surface area contributed by atoms with E-state index in [9.17, 15) is 19.6 Å². The molecular weight excluding hydrogens is 546 g/mol. The van der Waals surface area contributed by atoms with Crippen molar-refractivity contribution in [2.75, 3.05) is 27.2 Å². The summed E-state index contributed by atoms with van der Waals surface area (Å²) >= 11 is 0. The molecule has 0 bridgehead atoms. The number of rotatable bonds is 12. The summed E-state index contributed by atoms with van der Waals surface area (Å²) in [5.74, 6) is -1.56. The molecule has 222 valence electrons. The maximum Gasteiger partial charge on any atom is 0.252 e. The first-order valence-electron chi connectivity index (χ1n) is 13.8. The van der Waals surface area contributed by atoms with E-state index in [0.29, 0.717) is 34.6 Å². The van der Waals surface area contributed by atoms with Crippen LogP contribution >= 0.6 is 0 Å². The van der Waals surface area contributed by atoms with Crippen LogP contribution in [0.15, 0.2) is 60.9 Å². The molecule has 4 aromatic rings. The number of benzene rings is 2. The summed E-state index contributed by atoms with van der Waals surface area (Å²) in [6, 6.07) is 16.4. The molecule has 2 heterocycles. The molecule has 5 N–H and O–H groups in total. The van der Waals surface area contributed by atoms with Crippen molar-refractivity contribution in [3.05, 3.63) is 88.7 Å². The standard InChI is InChI=1S/C32H35N7O4/c1-19(2)43-27-12-11-23(30(34)41)29(25(27)15-33)22(16-36-28(40)18-38(3)4)14-20-7-9-21(10-8-20)26-17-39-13-5-6-24(31(35)42)32(39)37-26/h5-13,17,19,22H,14,16,18H2,1-4H3,(H2,34,41)(H2,35,42)(H,36,40). The lowest BCUT2D eigenvalue weighted by Gasteiger charge is -2.24. The maximum absolute atomic E-state index is 12.6. The first kappa shape index (κ1) is 30.7. The van der Waals surface area contributed by atoms with Gasteiger partial charge in [0.2, 0.25) is 11.8 Å². The number of pyridine rings is 1. The van der Waals surface area contributed by atoms with Gasteiger partial charge in [-0.1, -0.05) is 24.3 Å². The number of hydrogen-bond donors (Lipinski definition) is 3. The van der Waals surface area contributed by atoms with Gasteiger partial charge in [-0.3, -0.25) is 14.4 Å². The zero-order chi connectivity index (χ0) is 31.3. The number of fused-ring (bicyclic) bond motifs is 1. The van der Waals surface area contributed by atoms with E-state index in [0.717, 1.165) is 11.1 Å². The second-order valence-electron chi connectivity index (χ2n) is 10.8. The number of nitriles is 1. The fourth-order valence-electron chi connectivity index (χ4n) is 5.00. The second kappa shape index (κ2) is 13.2. The number of nitrogens with zero attached hydrogens (tertiary/aromatic N) is 4. The molecular formula is C32H35N7O4. The average Bonchev–Trinajstić information content (AvgIpc) is 3.39. The maximum atomic E-state index is 12.6. The molecule has 2 aromatic heterocycles. The molecule has 0 radical (unpaired) electrons. The van der Waals surface area contributed by atoms with Crippen LogP contribution in [0.25, 0.3) is 16.9 Å². The van der Waals surface area contributed by atoms with Gasteiger partial charge in [-0.2, -0.15) is 5.26 Å². The van der Waals surface area contributed by atoms with Crippen molar-refractivity contribution in [2.45, 2.75) is 32.3 Å². The molecule has 2 aromatic carbocycles. The molecule has 43 heavy (non-hydrogen) atoms. The zero-order valence-corrected chi connectivity index (χ0v) is 24.6. The average molecular weight is 582 g/mol. The van der Waals surface area contributed by atoms with E-state index < -0.39 is 17.7 Å². The van der Waals surface area contributed by atoms with Gasteiger partial charge in [-0.15, -0.1) is 0 Å². The van der Waals surface area contributed by atoms with Crippen molar-refractivity contribution < 1.29 is 19.1 Å². The highest BCUT2D eigenvalue weighted by Crippen LogP contribution is 2.34. The van der Waals surface area contributed by atoms with Gasteiger partial charge in [0.25, 0.3) is 5.91 Å². The van der Waals surface area contributed by atoms with E-state index in [1.54, 1.807) is 53.9 Å². The summed E-state index contributed by atoms with van der Waals surface area (Å²) in [5, 5.41) is 13.1. The summed E-state index contributed by atoms with van der Waals surface area (Å²) in [7, 11) is 3.59. The highest BCUT2D eigenvalue weighted by molar-refractivity contribution is 5.99. The van der Waals surface area contributed by atoms with Crippen LogP contribution < -0.4 is 21.5 Å². The van der Waals surface area contributed by atoms with Gasteiger partial charge in [0, 0.05) is 36.0 Å². The fraction of sp³-hybridized carbons (Fsp3) is 0.281. The number of amides is 3. The van der Waals surface area contributed by atoms with Crippen LogP contribution in [-0.2, 0) is 11.2 Å². The smallest absolute Gasteiger partial charge is 0.252 e. The Balaban J connectivity index is 1.72. The third-order valence-electron chi connectivity index (χ3n) is 6.84. The summed E-state index contributed by atoms with van der Waals surface area (Å²) in [4.78, 5) is 43.3. The van der Waals surface area contributed by atoms with Gasteiger partial charge in [-0.25, -0.2) is 4.98 Å². The molecule has 0 aliphatic carbocycles. The third kappa shape index (κ3) is 7.17. The van der Waals surface area contributed by atoms with Crippen LogP contribution in [0.1, 0.15) is 57.2 Å². The summed E-state index contributed by atoms with van der Waals surface area (Å²) in [5.41, 5.74) is 15.3. The molecule has 0 saturated carbocycles. The molecule has 11 nitrogen and oxygen atoms in total. The minimum Gasteiger partial charge on any atom is -0.490 e. The zero-order valence-electron chi connectivity index (χ0n) is 24.6. The van der Waals surface area contributed by atoms with Crippen LogP contribution in [0.2, 0.25) is 0 Å². The van der Waals surface area contributed by atoms with Gasteiger partial charge in [0.1, 0.15) is 17.5 Å². The van der Waals surface area contributed by atoms with Crippen molar-refractivity contribution >= 4 is 23.4 Å². The number of carbonyl (C=O) groups is 3. The van der Waals surface area contributed by atoms with Crippen LogP contribution in [0, 0.1) is 11.3 Å². The first-order chi connectivity index (χ1) is 20.5. The Hall–Kier alpha value is -5.21. The summed E-state index contributed by atoms with van der Waals surface area (Å²) < 4.78 is 7.64. The number of ether oxygens (including phenoxy) is 1. The number of likely N-dealkylation sites (N-methyl/N-ethyl adjacent to an activating group) is 1. The van der Waals surface area contributed by atoms with E-state index in [-0.39, 0.29) is 36.2 Å². The molecule has 11 heteroatoms. The van der Waals surface area contributed by atoms with E-state index >= 15 is 0 Å². The highest BCUT2D eigenvalue weighted by atomic mass is 16.5. The van der Waals surface area contributed by atoms with Crippen molar-refractivity contribution in [3.8, 4) is 23.1 Å². The van der Waals surface area contributed by atoms with Crippen LogP contribution in [-0.4, -0.2) is 65.3 Å². The minimum atomic E-state index is -0.676. The van der Waals surface area contributed by atoms with Crippen LogP contribution in [0.5, 0.6) is 5.75 Å². The predicted molar refractivity (Wildman–Crippen MR) is 163 cm³/mol. The normalized spacial score (nSPS) is 11.8. The number of nitrogens with one attached hydrogen (secondary N) is 1. The van der Waals surface area contributed by atoms with Gasteiger partial charge >= 0.3 is 0 Å². The Morgan fingerprint density at radius 2 is 1.74 bits per heavy atom. The molecule has 0 fully saturated rings. The number of hydrogen-bond acceptors (Lipinski definition) is 7. The lowest BCUT2D eigenvalue weighted by atomic mass is 9.84. The van der Waals surface area contributed by atoms with Crippen molar-refractivity contribution in [1.82, 2.24) is 19.6 Å². The molecule has 3 amide bonds. The topological polar surface area (TPSA) is 169 Å².